The number of likely N-dealkylation sites (N-methyl/N-ethyl adjacent to an activating group) is 1. The van der Waals surface area contributed by atoms with Gasteiger partial charge in [0.25, 0.3) is 0 Å². The van der Waals surface area contributed by atoms with Crippen molar-refractivity contribution in [1.29, 1.82) is 0 Å². The molecule has 2 nitrogen and oxygen atoms in total. The van der Waals surface area contributed by atoms with Crippen LogP contribution < -0.4 is 0 Å². The van der Waals surface area contributed by atoms with Crippen LogP contribution >= 0.6 is 0 Å². The Morgan fingerprint density at radius 2 is 1.11 bits per heavy atom. The Hall–Kier alpha value is -0.0800. The van der Waals surface area contributed by atoms with Crippen LogP contribution in [0.15, 0.2) is 0 Å². The zero-order valence-electron chi connectivity index (χ0n) is 15.0. The van der Waals surface area contributed by atoms with Gasteiger partial charge in [-0.05, 0) is 38.6 Å². The summed E-state index contributed by atoms with van der Waals surface area (Å²) < 4.78 is 0. The van der Waals surface area contributed by atoms with Crippen LogP contribution in [-0.4, -0.2) is 47.6 Å². The Morgan fingerprint density at radius 3 is 1.42 bits per heavy atom. The monoisotopic (exact) mass is 268 g/mol. The quantitative estimate of drug-likeness (QED) is 0.658. The average molecular weight is 268 g/mol. The lowest BCUT2D eigenvalue weighted by atomic mass is 9.69. The van der Waals surface area contributed by atoms with Crippen molar-refractivity contribution in [2.75, 3.05) is 20.1 Å². The lowest BCUT2D eigenvalue weighted by Crippen LogP contribution is -2.69. The summed E-state index contributed by atoms with van der Waals surface area (Å²) in [5, 5.41) is 0. The molecule has 19 heavy (non-hydrogen) atoms. The predicted octanol–water partition coefficient (Wildman–Crippen LogP) is 3.86. The highest BCUT2D eigenvalue weighted by atomic mass is 15.3. The maximum Gasteiger partial charge on any atom is 0.0310 e. The minimum atomic E-state index is 0.239. The standard InChI is InChI=1S/C17H36N2/c1-15(2,3)13-14(16(4,5)6)19(17(7,8)9)12-11-18(13)10/h13-14H,11-12H2,1-10H3. The summed E-state index contributed by atoms with van der Waals surface area (Å²) in [7, 11) is 2.30. The molecule has 0 amide bonds. The molecule has 0 aromatic heterocycles. The molecule has 0 radical (unpaired) electrons. The minimum Gasteiger partial charge on any atom is -0.300 e. The molecule has 0 aliphatic carbocycles. The molecule has 2 heteroatoms. The van der Waals surface area contributed by atoms with Gasteiger partial charge in [0.05, 0.1) is 0 Å². The van der Waals surface area contributed by atoms with Crippen LogP contribution in [0.5, 0.6) is 0 Å². The van der Waals surface area contributed by atoms with Crippen LogP contribution in [0.2, 0.25) is 0 Å². The molecular weight excluding hydrogens is 232 g/mol. The molecular formula is C17H36N2. The second-order valence-corrected chi connectivity index (χ2v) is 9.47. The first kappa shape index (κ1) is 17.0. The molecule has 0 spiro atoms. The van der Waals surface area contributed by atoms with Crippen molar-refractivity contribution in [2.45, 2.75) is 79.9 Å². The van der Waals surface area contributed by atoms with E-state index in [2.05, 4.69) is 79.2 Å². The minimum absolute atomic E-state index is 0.239. The van der Waals surface area contributed by atoms with Crippen molar-refractivity contribution >= 4 is 0 Å². The molecule has 1 aliphatic heterocycles. The second-order valence-electron chi connectivity index (χ2n) is 9.47. The van der Waals surface area contributed by atoms with Gasteiger partial charge in [-0.25, -0.2) is 0 Å². The molecule has 1 heterocycles. The van der Waals surface area contributed by atoms with Gasteiger partial charge in [-0.1, -0.05) is 41.5 Å². The van der Waals surface area contributed by atoms with Crippen LogP contribution in [0.1, 0.15) is 62.3 Å². The van der Waals surface area contributed by atoms with E-state index >= 15 is 0 Å². The fourth-order valence-corrected chi connectivity index (χ4v) is 3.78. The number of hydrogen-bond acceptors (Lipinski definition) is 2. The first-order chi connectivity index (χ1) is 8.26. The van der Waals surface area contributed by atoms with Gasteiger partial charge in [0.15, 0.2) is 0 Å². The van der Waals surface area contributed by atoms with Gasteiger partial charge < -0.3 is 4.90 Å². The Labute approximate surface area is 121 Å². The van der Waals surface area contributed by atoms with Crippen LogP contribution in [0.4, 0.5) is 0 Å². The second kappa shape index (κ2) is 5.04. The van der Waals surface area contributed by atoms with Crippen LogP contribution in [0, 0.1) is 10.8 Å². The van der Waals surface area contributed by atoms with Gasteiger partial charge in [0.2, 0.25) is 0 Å². The lowest BCUT2D eigenvalue weighted by Gasteiger charge is -2.59. The van der Waals surface area contributed by atoms with E-state index in [9.17, 15) is 0 Å². The lowest BCUT2D eigenvalue weighted by molar-refractivity contribution is -0.0967. The molecule has 2 atom stereocenters. The molecule has 114 valence electrons. The van der Waals surface area contributed by atoms with Gasteiger partial charge in [-0.3, -0.25) is 4.90 Å². The Morgan fingerprint density at radius 1 is 0.684 bits per heavy atom. The summed E-state index contributed by atoms with van der Waals surface area (Å²) >= 11 is 0. The van der Waals surface area contributed by atoms with E-state index < -0.39 is 0 Å². The number of piperazine rings is 1. The number of rotatable bonds is 0. The van der Waals surface area contributed by atoms with E-state index in [1.807, 2.05) is 0 Å². The summed E-state index contributed by atoms with van der Waals surface area (Å²) in [5.74, 6) is 0. The molecule has 1 saturated heterocycles. The van der Waals surface area contributed by atoms with Gasteiger partial charge in [0, 0.05) is 30.7 Å². The average Bonchev–Trinajstić information content (AvgIpc) is 2.11. The van der Waals surface area contributed by atoms with E-state index in [4.69, 9.17) is 0 Å². The molecule has 0 saturated carbocycles. The molecule has 0 aromatic rings. The van der Waals surface area contributed by atoms with Crippen molar-refractivity contribution in [3.05, 3.63) is 0 Å². The number of hydrogen-bond donors (Lipinski definition) is 0. The highest BCUT2D eigenvalue weighted by Crippen LogP contribution is 2.41. The largest absolute Gasteiger partial charge is 0.300 e. The summed E-state index contributed by atoms with van der Waals surface area (Å²) in [5.41, 5.74) is 0.833. The molecule has 2 unspecified atom stereocenters. The zero-order chi connectivity index (χ0) is 15.2. The third-order valence-corrected chi connectivity index (χ3v) is 4.44. The SMILES string of the molecule is CN1CCN(C(C)(C)C)C(C(C)(C)C)C1C(C)(C)C. The van der Waals surface area contributed by atoms with Crippen molar-refractivity contribution in [3.8, 4) is 0 Å². The predicted molar refractivity (Wildman–Crippen MR) is 85.6 cm³/mol. The van der Waals surface area contributed by atoms with Crippen molar-refractivity contribution in [2.24, 2.45) is 10.8 Å². The maximum absolute atomic E-state index is 2.74. The molecule has 1 rings (SSSR count). The summed E-state index contributed by atoms with van der Waals surface area (Å²) in [6, 6.07) is 1.19. The Kier molecular flexibility index (Phi) is 4.50. The maximum atomic E-state index is 2.74. The van der Waals surface area contributed by atoms with Crippen LogP contribution in [0.3, 0.4) is 0 Å². The van der Waals surface area contributed by atoms with Gasteiger partial charge in [0.1, 0.15) is 0 Å². The number of nitrogens with zero attached hydrogens (tertiary/aromatic N) is 2. The molecule has 0 N–H and O–H groups in total. The summed E-state index contributed by atoms with van der Waals surface area (Å²) in [4.78, 5) is 5.32. The van der Waals surface area contributed by atoms with E-state index in [0.717, 1.165) is 0 Å². The Balaban J connectivity index is 3.25. The van der Waals surface area contributed by atoms with Crippen molar-refractivity contribution < 1.29 is 0 Å². The van der Waals surface area contributed by atoms with Crippen LogP contribution in [0.25, 0.3) is 0 Å². The third-order valence-electron chi connectivity index (χ3n) is 4.44. The topological polar surface area (TPSA) is 6.48 Å². The van der Waals surface area contributed by atoms with Crippen LogP contribution in [-0.2, 0) is 0 Å². The first-order valence-electron chi connectivity index (χ1n) is 7.73. The van der Waals surface area contributed by atoms with Gasteiger partial charge >= 0.3 is 0 Å². The Bertz CT molecular complexity index is 301. The van der Waals surface area contributed by atoms with Crippen molar-refractivity contribution in [1.82, 2.24) is 9.80 Å². The first-order valence-corrected chi connectivity index (χ1v) is 7.73. The highest BCUT2D eigenvalue weighted by Gasteiger charge is 2.49. The molecule has 1 fully saturated rings. The molecule has 0 bridgehead atoms. The van der Waals surface area contributed by atoms with E-state index in [1.54, 1.807) is 0 Å². The summed E-state index contributed by atoms with van der Waals surface area (Å²) in [6.45, 7) is 23.8. The van der Waals surface area contributed by atoms with E-state index in [1.165, 1.54) is 13.1 Å². The van der Waals surface area contributed by atoms with Gasteiger partial charge in [-0.2, -0.15) is 0 Å². The normalized spacial score (nSPS) is 28.7. The molecule has 0 aromatic carbocycles. The molecule has 1 aliphatic rings. The van der Waals surface area contributed by atoms with E-state index in [-0.39, 0.29) is 5.54 Å². The van der Waals surface area contributed by atoms with Gasteiger partial charge in [-0.15, -0.1) is 0 Å². The smallest absolute Gasteiger partial charge is 0.0310 e. The fraction of sp³-hybridized carbons (Fsp3) is 1.00. The third kappa shape index (κ3) is 3.72. The summed E-state index contributed by atoms with van der Waals surface area (Å²) in [6.07, 6.45) is 0. The van der Waals surface area contributed by atoms with E-state index in [0.29, 0.717) is 22.9 Å². The fourth-order valence-electron chi connectivity index (χ4n) is 3.78. The zero-order valence-corrected chi connectivity index (χ0v) is 15.0. The van der Waals surface area contributed by atoms with Crippen molar-refractivity contribution in [3.63, 3.8) is 0 Å². The highest BCUT2D eigenvalue weighted by molar-refractivity contribution is 5.04.